The molecule has 2 rings (SSSR count). The van der Waals surface area contributed by atoms with Crippen molar-refractivity contribution < 1.29 is 15.1 Å². The molecule has 1 heterocycles. The largest absolute Gasteiger partial charge is 0.409 e. The second-order valence-electron chi connectivity index (χ2n) is 5.83. The minimum Gasteiger partial charge on any atom is -0.409 e. The maximum Gasteiger partial charge on any atom is 0.236 e. The number of hydrogen-bond donors (Lipinski definition) is 3. The van der Waals surface area contributed by atoms with E-state index in [1.54, 1.807) is 4.90 Å². The van der Waals surface area contributed by atoms with Crippen molar-refractivity contribution in [3.8, 4) is 0 Å². The highest BCUT2D eigenvalue weighted by atomic mass is 16.4. The van der Waals surface area contributed by atoms with Gasteiger partial charge in [-0.25, -0.2) is 0 Å². The summed E-state index contributed by atoms with van der Waals surface area (Å²) < 4.78 is 0. The first-order chi connectivity index (χ1) is 8.90. The van der Waals surface area contributed by atoms with Crippen LogP contribution in [0.25, 0.3) is 0 Å². The van der Waals surface area contributed by atoms with Crippen molar-refractivity contribution in [1.29, 1.82) is 0 Å². The van der Waals surface area contributed by atoms with Gasteiger partial charge in [0.25, 0.3) is 0 Å². The van der Waals surface area contributed by atoms with Gasteiger partial charge in [0.15, 0.2) is 5.84 Å². The number of carbonyl (C=O) groups is 1. The Labute approximate surface area is 112 Å². The van der Waals surface area contributed by atoms with Crippen LogP contribution >= 0.6 is 0 Å². The van der Waals surface area contributed by atoms with Crippen LogP contribution in [0.15, 0.2) is 5.16 Å². The van der Waals surface area contributed by atoms with Crippen molar-refractivity contribution in [2.45, 2.75) is 31.4 Å². The maximum atomic E-state index is 12.6. The van der Waals surface area contributed by atoms with E-state index < -0.39 is 11.5 Å². The van der Waals surface area contributed by atoms with E-state index in [9.17, 15) is 9.90 Å². The third-order valence-corrected chi connectivity index (χ3v) is 3.99. The van der Waals surface area contributed by atoms with Crippen molar-refractivity contribution in [1.82, 2.24) is 9.80 Å². The molecule has 4 N–H and O–H groups in total. The topological polar surface area (TPSA) is 102 Å². The van der Waals surface area contributed by atoms with Crippen LogP contribution in [0.1, 0.15) is 19.3 Å². The normalized spacial score (nSPS) is 29.9. The third kappa shape index (κ3) is 2.52. The molecule has 0 bridgehead atoms. The van der Waals surface area contributed by atoms with Gasteiger partial charge >= 0.3 is 0 Å². The Morgan fingerprint density at radius 2 is 2.16 bits per heavy atom. The molecule has 2 fully saturated rings. The SMILES string of the molecule is CN(C)CC1CC(O)CN1C(=O)C1(C(N)=NO)CC1. The second kappa shape index (κ2) is 4.97. The van der Waals surface area contributed by atoms with E-state index in [2.05, 4.69) is 5.16 Å². The first kappa shape index (κ1) is 14.1. The summed E-state index contributed by atoms with van der Waals surface area (Å²) in [5, 5.41) is 21.6. The Morgan fingerprint density at radius 3 is 2.63 bits per heavy atom. The molecule has 0 aromatic rings. The number of nitrogens with two attached hydrogens (primary N) is 1. The molecule has 1 saturated heterocycles. The fourth-order valence-corrected chi connectivity index (χ4v) is 2.81. The summed E-state index contributed by atoms with van der Waals surface area (Å²) >= 11 is 0. The number of nitrogens with zero attached hydrogens (tertiary/aromatic N) is 3. The molecule has 0 aromatic heterocycles. The number of hydrogen-bond acceptors (Lipinski definition) is 5. The number of β-amino-alcohol motifs (C(OH)–C–C–N with tert-alkyl or cyclic N) is 1. The first-order valence-corrected chi connectivity index (χ1v) is 6.52. The molecule has 2 unspecified atom stereocenters. The molecular weight excluding hydrogens is 248 g/mol. The van der Waals surface area contributed by atoms with E-state index in [0.29, 0.717) is 32.4 Å². The van der Waals surface area contributed by atoms with E-state index in [-0.39, 0.29) is 17.8 Å². The summed E-state index contributed by atoms with van der Waals surface area (Å²) in [5.74, 6) is -0.131. The molecule has 7 nitrogen and oxygen atoms in total. The molecule has 2 aliphatic rings. The highest BCUT2D eigenvalue weighted by Crippen LogP contribution is 2.48. The summed E-state index contributed by atoms with van der Waals surface area (Å²) in [7, 11) is 3.87. The Hall–Kier alpha value is -1.34. The van der Waals surface area contributed by atoms with Crippen LogP contribution < -0.4 is 5.73 Å². The quantitative estimate of drug-likeness (QED) is 0.264. The summed E-state index contributed by atoms with van der Waals surface area (Å²) in [5.41, 5.74) is 4.81. The highest BCUT2D eigenvalue weighted by molar-refractivity contribution is 6.09. The number of carbonyl (C=O) groups excluding carboxylic acids is 1. The van der Waals surface area contributed by atoms with Crippen molar-refractivity contribution in [2.24, 2.45) is 16.3 Å². The number of oxime groups is 1. The van der Waals surface area contributed by atoms with E-state index in [1.165, 1.54) is 0 Å². The molecule has 1 saturated carbocycles. The lowest BCUT2D eigenvalue weighted by molar-refractivity contribution is -0.136. The molecule has 0 aromatic carbocycles. The smallest absolute Gasteiger partial charge is 0.236 e. The Kier molecular flexibility index (Phi) is 3.69. The van der Waals surface area contributed by atoms with Crippen molar-refractivity contribution in [3.63, 3.8) is 0 Å². The Balaban J connectivity index is 2.13. The van der Waals surface area contributed by atoms with Crippen molar-refractivity contribution in [2.75, 3.05) is 27.2 Å². The molecule has 19 heavy (non-hydrogen) atoms. The zero-order chi connectivity index (χ0) is 14.2. The summed E-state index contributed by atoms with van der Waals surface area (Å²) in [6, 6.07) is -0.0125. The molecule has 0 radical (unpaired) electrons. The van der Waals surface area contributed by atoms with E-state index in [0.717, 1.165) is 0 Å². The van der Waals surface area contributed by atoms with Gasteiger partial charge in [-0.2, -0.15) is 0 Å². The van der Waals surface area contributed by atoms with Crippen LogP contribution in [0, 0.1) is 5.41 Å². The van der Waals surface area contributed by atoms with Gasteiger partial charge in [-0.05, 0) is 33.4 Å². The molecule has 0 spiro atoms. The molecule has 108 valence electrons. The van der Waals surface area contributed by atoms with Gasteiger partial charge < -0.3 is 25.8 Å². The van der Waals surface area contributed by atoms with Gasteiger partial charge in [-0.15, -0.1) is 0 Å². The zero-order valence-corrected chi connectivity index (χ0v) is 11.4. The molecule has 1 aliphatic heterocycles. The predicted octanol–water partition coefficient (Wildman–Crippen LogP) is -0.964. The average Bonchev–Trinajstić information content (AvgIpc) is 3.07. The van der Waals surface area contributed by atoms with Crippen molar-refractivity contribution >= 4 is 11.7 Å². The van der Waals surface area contributed by atoms with Crippen LogP contribution in [0.2, 0.25) is 0 Å². The highest BCUT2D eigenvalue weighted by Gasteiger charge is 2.57. The minimum atomic E-state index is -0.830. The van der Waals surface area contributed by atoms with Crippen LogP contribution in [0.3, 0.4) is 0 Å². The average molecular weight is 270 g/mol. The van der Waals surface area contributed by atoms with Gasteiger partial charge in [0.1, 0.15) is 5.41 Å². The number of amidine groups is 1. The van der Waals surface area contributed by atoms with Crippen LogP contribution in [-0.2, 0) is 4.79 Å². The number of likely N-dealkylation sites (tertiary alicyclic amines) is 1. The lowest BCUT2D eigenvalue weighted by atomic mass is 10.0. The van der Waals surface area contributed by atoms with Gasteiger partial charge in [0, 0.05) is 19.1 Å². The van der Waals surface area contributed by atoms with Gasteiger partial charge in [-0.1, -0.05) is 5.16 Å². The third-order valence-electron chi connectivity index (χ3n) is 3.99. The summed E-state index contributed by atoms with van der Waals surface area (Å²) in [6.45, 7) is 1.03. The van der Waals surface area contributed by atoms with E-state index in [4.69, 9.17) is 10.9 Å². The number of likely N-dealkylation sites (N-methyl/N-ethyl adjacent to an activating group) is 1. The summed E-state index contributed by atoms with van der Waals surface area (Å²) in [6.07, 6.45) is 1.32. The monoisotopic (exact) mass is 270 g/mol. The number of amides is 1. The van der Waals surface area contributed by atoms with E-state index in [1.807, 2.05) is 19.0 Å². The number of aliphatic hydroxyl groups is 1. The fourth-order valence-electron chi connectivity index (χ4n) is 2.81. The summed E-state index contributed by atoms with van der Waals surface area (Å²) in [4.78, 5) is 16.3. The van der Waals surface area contributed by atoms with Crippen LogP contribution in [0.5, 0.6) is 0 Å². The van der Waals surface area contributed by atoms with Gasteiger partial charge in [0.2, 0.25) is 5.91 Å². The Morgan fingerprint density at radius 1 is 1.53 bits per heavy atom. The van der Waals surface area contributed by atoms with Gasteiger partial charge in [0.05, 0.1) is 6.10 Å². The molecular formula is C12H22N4O3. The zero-order valence-electron chi connectivity index (χ0n) is 11.4. The van der Waals surface area contributed by atoms with E-state index >= 15 is 0 Å². The Bertz CT molecular complexity index is 392. The van der Waals surface area contributed by atoms with Gasteiger partial charge in [-0.3, -0.25) is 4.79 Å². The van der Waals surface area contributed by atoms with Crippen molar-refractivity contribution in [3.05, 3.63) is 0 Å². The first-order valence-electron chi connectivity index (χ1n) is 6.52. The molecule has 1 aliphatic carbocycles. The molecule has 2 atom stereocenters. The standard InChI is InChI=1S/C12H22N4O3/c1-15(2)6-8-5-9(17)7-16(8)11(18)12(3-4-12)10(13)14-19/h8-9,17,19H,3-7H2,1-2H3,(H2,13,14). The fraction of sp³-hybridized carbons (Fsp3) is 0.833. The number of aliphatic hydroxyl groups excluding tert-OH is 1. The lowest BCUT2D eigenvalue weighted by Gasteiger charge is -2.29. The molecule has 1 amide bonds. The minimum absolute atomic E-state index is 0.0116. The maximum absolute atomic E-state index is 12.6. The number of rotatable bonds is 4. The van der Waals surface area contributed by atoms with Crippen LogP contribution in [-0.4, -0.2) is 71.2 Å². The lowest BCUT2D eigenvalue weighted by Crippen LogP contribution is -2.48. The van der Waals surface area contributed by atoms with Crippen LogP contribution in [0.4, 0.5) is 0 Å². The second-order valence-corrected chi connectivity index (χ2v) is 5.83. The molecule has 7 heteroatoms. The predicted molar refractivity (Wildman–Crippen MR) is 69.8 cm³/mol.